The molecule has 8 heteroatoms. The lowest BCUT2D eigenvalue weighted by atomic mass is 10.1. The molecule has 2 aromatic rings. The summed E-state index contributed by atoms with van der Waals surface area (Å²) in [6, 6.07) is 2.16. The number of hydrogen-bond acceptors (Lipinski definition) is 3. The maximum absolute atomic E-state index is 13.5. The van der Waals surface area contributed by atoms with E-state index in [1.165, 1.54) is 0 Å². The zero-order chi connectivity index (χ0) is 13.3. The van der Waals surface area contributed by atoms with Gasteiger partial charge < -0.3 is 0 Å². The maximum Gasteiger partial charge on any atom is 0.416 e. The van der Waals surface area contributed by atoms with E-state index in [4.69, 9.17) is 11.6 Å². The van der Waals surface area contributed by atoms with Crippen molar-refractivity contribution in [2.75, 3.05) is 0 Å². The zero-order valence-corrected chi connectivity index (χ0v) is 10.2. The van der Waals surface area contributed by atoms with Crippen LogP contribution >= 0.6 is 22.9 Å². The third-order valence-electron chi connectivity index (χ3n) is 2.11. The molecule has 0 aliphatic rings. The lowest BCUT2D eigenvalue weighted by Crippen LogP contribution is -2.05. The van der Waals surface area contributed by atoms with Crippen LogP contribution in [-0.2, 0) is 12.1 Å². The fraction of sp³-hybridized carbons (Fsp3) is 0.200. The predicted octanol–water partition coefficient (Wildman–Crippen LogP) is 4.10. The average Bonchev–Trinajstić information content (AvgIpc) is 2.76. The minimum atomic E-state index is -4.53. The summed E-state index contributed by atoms with van der Waals surface area (Å²) in [5, 5.41) is 7.75. The quantitative estimate of drug-likeness (QED) is 0.616. The van der Waals surface area contributed by atoms with Crippen LogP contribution in [0.2, 0.25) is 0 Å². The molecule has 0 aliphatic heterocycles. The number of rotatable bonds is 2. The first-order valence-electron chi connectivity index (χ1n) is 4.67. The van der Waals surface area contributed by atoms with Crippen molar-refractivity contribution in [1.82, 2.24) is 10.2 Å². The fourth-order valence-corrected chi connectivity index (χ4v) is 2.21. The molecule has 0 aliphatic carbocycles. The monoisotopic (exact) mass is 296 g/mol. The van der Waals surface area contributed by atoms with Gasteiger partial charge in [-0.1, -0.05) is 11.3 Å². The summed E-state index contributed by atoms with van der Waals surface area (Å²) in [7, 11) is 0. The largest absolute Gasteiger partial charge is 0.416 e. The molecule has 0 unspecified atom stereocenters. The highest BCUT2D eigenvalue weighted by molar-refractivity contribution is 7.14. The second-order valence-electron chi connectivity index (χ2n) is 3.33. The third kappa shape index (κ3) is 2.62. The van der Waals surface area contributed by atoms with E-state index in [0.717, 1.165) is 17.4 Å². The maximum atomic E-state index is 13.5. The van der Waals surface area contributed by atoms with Gasteiger partial charge in [-0.15, -0.1) is 21.8 Å². The molecule has 0 bridgehead atoms. The highest BCUT2D eigenvalue weighted by Gasteiger charge is 2.31. The summed E-state index contributed by atoms with van der Waals surface area (Å²) in [5.74, 6) is -0.696. The van der Waals surface area contributed by atoms with Crippen molar-refractivity contribution in [3.05, 3.63) is 34.6 Å². The Bertz CT molecular complexity index is 567. The molecule has 0 radical (unpaired) electrons. The van der Waals surface area contributed by atoms with Crippen molar-refractivity contribution in [3.8, 4) is 10.6 Å². The Balaban J connectivity index is 2.49. The van der Waals surface area contributed by atoms with Gasteiger partial charge >= 0.3 is 6.18 Å². The first-order chi connectivity index (χ1) is 8.41. The number of halogens is 5. The number of nitrogens with zero attached hydrogens (tertiary/aromatic N) is 2. The van der Waals surface area contributed by atoms with Gasteiger partial charge in [0.2, 0.25) is 0 Å². The average molecular weight is 297 g/mol. The molecule has 2 rings (SSSR count). The van der Waals surface area contributed by atoms with E-state index in [-0.39, 0.29) is 16.5 Å². The topological polar surface area (TPSA) is 25.8 Å². The smallest absolute Gasteiger partial charge is 0.206 e. The van der Waals surface area contributed by atoms with Gasteiger partial charge in [-0.05, 0) is 18.2 Å². The van der Waals surface area contributed by atoms with Gasteiger partial charge in [0.15, 0.2) is 5.01 Å². The Morgan fingerprint density at radius 1 is 1.22 bits per heavy atom. The Morgan fingerprint density at radius 2 is 1.94 bits per heavy atom. The minimum absolute atomic E-state index is 0.0780. The molecular weight excluding hydrogens is 292 g/mol. The van der Waals surface area contributed by atoms with Crippen LogP contribution in [0.3, 0.4) is 0 Å². The fourth-order valence-electron chi connectivity index (χ4n) is 1.28. The van der Waals surface area contributed by atoms with Gasteiger partial charge in [-0.25, -0.2) is 4.39 Å². The number of aromatic nitrogens is 2. The van der Waals surface area contributed by atoms with E-state index < -0.39 is 17.6 Å². The summed E-state index contributed by atoms with van der Waals surface area (Å²) in [4.78, 5) is 0. The van der Waals surface area contributed by atoms with Crippen molar-refractivity contribution >= 4 is 22.9 Å². The summed E-state index contributed by atoms with van der Waals surface area (Å²) >= 11 is 6.46. The van der Waals surface area contributed by atoms with Crippen LogP contribution in [0.1, 0.15) is 10.6 Å². The minimum Gasteiger partial charge on any atom is -0.206 e. The lowest BCUT2D eigenvalue weighted by Gasteiger charge is -2.07. The molecule has 1 aromatic heterocycles. The van der Waals surface area contributed by atoms with Gasteiger partial charge in [0.1, 0.15) is 10.8 Å². The highest BCUT2D eigenvalue weighted by atomic mass is 35.5. The van der Waals surface area contributed by atoms with E-state index in [9.17, 15) is 17.6 Å². The van der Waals surface area contributed by atoms with Crippen molar-refractivity contribution < 1.29 is 17.6 Å². The van der Waals surface area contributed by atoms with E-state index in [1.54, 1.807) is 0 Å². The molecule has 2 nitrogen and oxygen atoms in total. The molecule has 0 saturated carbocycles. The predicted molar refractivity (Wildman–Crippen MR) is 59.9 cm³/mol. The van der Waals surface area contributed by atoms with Crippen LogP contribution in [0.15, 0.2) is 18.2 Å². The molecule has 96 valence electrons. The summed E-state index contributed by atoms with van der Waals surface area (Å²) in [5.41, 5.74) is -1.15. The van der Waals surface area contributed by atoms with Crippen LogP contribution in [0, 0.1) is 5.82 Å². The molecule has 0 spiro atoms. The van der Waals surface area contributed by atoms with Gasteiger partial charge in [0.25, 0.3) is 0 Å². The molecule has 0 atom stereocenters. The highest BCUT2D eigenvalue weighted by Crippen LogP contribution is 2.34. The van der Waals surface area contributed by atoms with Crippen LogP contribution in [0.4, 0.5) is 17.6 Å². The molecule has 0 fully saturated rings. The van der Waals surface area contributed by atoms with Crippen LogP contribution in [0.25, 0.3) is 10.6 Å². The normalized spacial score (nSPS) is 11.8. The van der Waals surface area contributed by atoms with Crippen LogP contribution in [0.5, 0.6) is 0 Å². The van der Waals surface area contributed by atoms with Crippen molar-refractivity contribution in [3.63, 3.8) is 0 Å². The van der Waals surface area contributed by atoms with Crippen molar-refractivity contribution in [1.29, 1.82) is 0 Å². The molecule has 1 aromatic carbocycles. The van der Waals surface area contributed by atoms with Gasteiger partial charge in [-0.2, -0.15) is 13.2 Å². The molecule has 1 heterocycles. The molecule has 0 N–H and O–H groups in total. The van der Waals surface area contributed by atoms with E-state index >= 15 is 0 Å². The standard InChI is InChI=1S/C10H5ClF4N2S/c11-4-8-16-17-9(18-8)6-3-5(10(13,14)15)1-2-7(6)12/h1-3H,4H2. The molecule has 18 heavy (non-hydrogen) atoms. The van der Waals surface area contributed by atoms with E-state index in [2.05, 4.69) is 10.2 Å². The van der Waals surface area contributed by atoms with Crippen molar-refractivity contribution in [2.24, 2.45) is 0 Å². The van der Waals surface area contributed by atoms with Crippen LogP contribution in [-0.4, -0.2) is 10.2 Å². The Kier molecular flexibility index (Phi) is 3.54. The second-order valence-corrected chi connectivity index (χ2v) is 4.66. The zero-order valence-electron chi connectivity index (χ0n) is 8.63. The van der Waals surface area contributed by atoms with Crippen molar-refractivity contribution in [2.45, 2.75) is 12.1 Å². The lowest BCUT2D eigenvalue weighted by molar-refractivity contribution is -0.137. The summed E-state index contributed by atoms with van der Waals surface area (Å²) in [6.07, 6.45) is -4.53. The molecular formula is C10H5ClF4N2S. The third-order valence-corrected chi connectivity index (χ3v) is 3.47. The number of alkyl halides is 4. The Labute approximate surface area is 108 Å². The van der Waals surface area contributed by atoms with Crippen LogP contribution < -0.4 is 0 Å². The van der Waals surface area contributed by atoms with Gasteiger partial charge in [0, 0.05) is 5.56 Å². The van der Waals surface area contributed by atoms with Gasteiger partial charge in [-0.3, -0.25) is 0 Å². The number of benzene rings is 1. The Hall–Kier alpha value is -1.21. The number of hydrogen-bond donors (Lipinski definition) is 0. The first-order valence-corrected chi connectivity index (χ1v) is 6.02. The summed E-state index contributed by atoms with van der Waals surface area (Å²) in [6.45, 7) is 0. The summed E-state index contributed by atoms with van der Waals surface area (Å²) < 4.78 is 51.0. The first kappa shape index (κ1) is 13.2. The van der Waals surface area contributed by atoms with E-state index in [0.29, 0.717) is 17.1 Å². The SMILES string of the molecule is Fc1ccc(C(F)(F)F)cc1-c1nnc(CCl)s1. The Morgan fingerprint density at radius 3 is 2.50 bits per heavy atom. The molecule has 0 amide bonds. The molecule has 0 saturated heterocycles. The van der Waals surface area contributed by atoms with Gasteiger partial charge in [0.05, 0.1) is 11.4 Å². The van der Waals surface area contributed by atoms with E-state index in [1.807, 2.05) is 0 Å². The second kappa shape index (κ2) is 4.81.